The second kappa shape index (κ2) is 6.44. The Kier molecular flexibility index (Phi) is 5.21. The standard InChI is InChI=1S/C10H18N2O4/c13-4-2-8(10(15)16)12-9(14)5-7-1-3-11-6-7/h7-8,11,13H,1-6H2,(H,12,14)(H,15,16). The molecule has 0 radical (unpaired) electrons. The highest BCUT2D eigenvalue weighted by atomic mass is 16.4. The van der Waals surface area contributed by atoms with Crippen LogP contribution in [-0.2, 0) is 9.59 Å². The molecule has 0 aromatic heterocycles. The fourth-order valence-electron chi connectivity index (χ4n) is 1.79. The van der Waals surface area contributed by atoms with Crippen LogP contribution < -0.4 is 10.6 Å². The molecule has 0 spiro atoms. The SMILES string of the molecule is O=C(CC1CCNC1)NC(CCO)C(=O)O. The Balaban J connectivity index is 2.32. The van der Waals surface area contributed by atoms with Crippen LogP contribution in [0, 0.1) is 5.92 Å². The third kappa shape index (κ3) is 4.16. The number of carboxylic acids is 1. The summed E-state index contributed by atoms with van der Waals surface area (Å²) in [6, 6.07) is -0.980. The zero-order valence-corrected chi connectivity index (χ0v) is 9.11. The molecule has 1 heterocycles. The number of nitrogens with one attached hydrogen (secondary N) is 2. The lowest BCUT2D eigenvalue weighted by molar-refractivity contribution is -0.142. The van der Waals surface area contributed by atoms with Crippen molar-refractivity contribution >= 4 is 11.9 Å². The first kappa shape index (κ1) is 12.9. The normalized spacial score (nSPS) is 21.7. The van der Waals surface area contributed by atoms with E-state index in [1.165, 1.54) is 0 Å². The van der Waals surface area contributed by atoms with Gasteiger partial charge in [-0.05, 0) is 25.4 Å². The van der Waals surface area contributed by atoms with Crippen molar-refractivity contribution in [3.05, 3.63) is 0 Å². The number of rotatable bonds is 6. The zero-order chi connectivity index (χ0) is 12.0. The van der Waals surface area contributed by atoms with E-state index < -0.39 is 12.0 Å². The van der Waals surface area contributed by atoms with Gasteiger partial charge in [0.1, 0.15) is 6.04 Å². The van der Waals surface area contributed by atoms with E-state index in [9.17, 15) is 9.59 Å². The summed E-state index contributed by atoms with van der Waals surface area (Å²) in [6.45, 7) is 1.48. The molecule has 0 bridgehead atoms. The highest BCUT2D eigenvalue weighted by molar-refractivity contribution is 5.83. The smallest absolute Gasteiger partial charge is 0.326 e. The summed E-state index contributed by atoms with van der Waals surface area (Å²) in [4.78, 5) is 22.2. The van der Waals surface area contributed by atoms with Crippen LogP contribution in [-0.4, -0.2) is 47.8 Å². The average Bonchev–Trinajstić information content (AvgIpc) is 2.69. The minimum Gasteiger partial charge on any atom is -0.480 e. The van der Waals surface area contributed by atoms with Crippen molar-refractivity contribution in [2.75, 3.05) is 19.7 Å². The van der Waals surface area contributed by atoms with E-state index >= 15 is 0 Å². The predicted molar refractivity (Wildman–Crippen MR) is 56.9 cm³/mol. The maximum absolute atomic E-state index is 11.5. The Morgan fingerprint density at radius 2 is 2.25 bits per heavy atom. The Hall–Kier alpha value is -1.14. The molecule has 1 saturated heterocycles. The Bertz CT molecular complexity index is 251. The van der Waals surface area contributed by atoms with Gasteiger partial charge in [0.25, 0.3) is 0 Å². The summed E-state index contributed by atoms with van der Waals surface area (Å²) in [5.74, 6) is -1.06. The van der Waals surface area contributed by atoms with Crippen LogP contribution in [0.1, 0.15) is 19.3 Å². The van der Waals surface area contributed by atoms with Gasteiger partial charge in [-0.3, -0.25) is 4.79 Å². The molecule has 1 rings (SSSR count). The van der Waals surface area contributed by atoms with Crippen molar-refractivity contribution in [3.8, 4) is 0 Å². The molecule has 6 heteroatoms. The van der Waals surface area contributed by atoms with Crippen LogP contribution in [0.15, 0.2) is 0 Å². The number of aliphatic hydroxyl groups excluding tert-OH is 1. The summed E-state index contributed by atoms with van der Waals surface area (Å²) in [5.41, 5.74) is 0. The van der Waals surface area contributed by atoms with E-state index in [4.69, 9.17) is 10.2 Å². The van der Waals surface area contributed by atoms with E-state index in [0.29, 0.717) is 12.3 Å². The summed E-state index contributed by atoms with van der Waals surface area (Å²) < 4.78 is 0. The first-order valence-corrected chi connectivity index (χ1v) is 5.47. The van der Waals surface area contributed by atoms with Crippen LogP contribution in [0.25, 0.3) is 0 Å². The number of amides is 1. The minimum atomic E-state index is -1.10. The van der Waals surface area contributed by atoms with Crippen LogP contribution >= 0.6 is 0 Å². The topological polar surface area (TPSA) is 98.7 Å². The van der Waals surface area contributed by atoms with Crippen molar-refractivity contribution in [2.45, 2.75) is 25.3 Å². The molecule has 1 aliphatic rings. The largest absolute Gasteiger partial charge is 0.480 e. The van der Waals surface area contributed by atoms with E-state index in [1.54, 1.807) is 0 Å². The molecule has 92 valence electrons. The molecular weight excluding hydrogens is 212 g/mol. The van der Waals surface area contributed by atoms with Gasteiger partial charge in [0.2, 0.25) is 5.91 Å². The van der Waals surface area contributed by atoms with Crippen LogP contribution in [0.5, 0.6) is 0 Å². The van der Waals surface area contributed by atoms with Crippen LogP contribution in [0.3, 0.4) is 0 Å². The van der Waals surface area contributed by atoms with Gasteiger partial charge in [-0.1, -0.05) is 0 Å². The molecule has 1 fully saturated rings. The van der Waals surface area contributed by atoms with Gasteiger partial charge in [-0.25, -0.2) is 4.79 Å². The fraction of sp³-hybridized carbons (Fsp3) is 0.800. The Labute approximate surface area is 94.0 Å². The summed E-state index contributed by atoms with van der Waals surface area (Å²) >= 11 is 0. The minimum absolute atomic E-state index is 0.0456. The molecule has 16 heavy (non-hydrogen) atoms. The molecule has 1 amide bonds. The van der Waals surface area contributed by atoms with Gasteiger partial charge in [0.05, 0.1) is 0 Å². The molecular formula is C10H18N2O4. The maximum atomic E-state index is 11.5. The van der Waals surface area contributed by atoms with Gasteiger partial charge >= 0.3 is 5.97 Å². The van der Waals surface area contributed by atoms with E-state index in [1.807, 2.05) is 0 Å². The second-order valence-electron chi connectivity index (χ2n) is 4.03. The number of aliphatic hydroxyl groups is 1. The molecule has 0 aromatic carbocycles. The van der Waals surface area contributed by atoms with Crippen molar-refractivity contribution < 1.29 is 19.8 Å². The third-order valence-electron chi connectivity index (χ3n) is 2.69. The summed E-state index contributed by atoms with van der Waals surface area (Å²) in [5, 5.41) is 23.0. The van der Waals surface area contributed by atoms with Crippen molar-refractivity contribution in [1.29, 1.82) is 0 Å². The average molecular weight is 230 g/mol. The second-order valence-corrected chi connectivity index (χ2v) is 4.03. The first-order valence-electron chi connectivity index (χ1n) is 5.47. The highest BCUT2D eigenvalue weighted by Crippen LogP contribution is 2.11. The molecule has 2 atom stereocenters. The van der Waals surface area contributed by atoms with Crippen molar-refractivity contribution in [1.82, 2.24) is 10.6 Å². The fourth-order valence-corrected chi connectivity index (χ4v) is 1.79. The number of aliphatic carboxylic acids is 1. The van der Waals surface area contributed by atoms with Gasteiger partial charge in [-0.15, -0.1) is 0 Å². The summed E-state index contributed by atoms with van der Waals surface area (Å²) in [6.07, 6.45) is 1.34. The molecule has 2 unspecified atom stereocenters. The van der Waals surface area contributed by atoms with Crippen LogP contribution in [0.2, 0.25) is 0 Å². The molecule has 6 nitrogen and oxygen atoms in total. The lowest BCUT2D eigenvalue weighted by Gasteiger charge is -2.14. The highest BCUT2D eigenvalue weighted by Gasteiger charge is 2.22. The number of carbonyl (C=O) groups is 2. The number of carboxylic acid groups (broad SMARTS) is 1. The van der Waals surface area contributed by atoms with Gasteiger partial charge in [0.15, 0.2) is 0 Å². The quantitative estimate of drug-likeness (QED) is 0.466. The lowest BCUT2D eigenvalue weighted by atomic mass is 10.0. The third-order valence-corrected chi connectivity index (χ3v) is 2.69. The number of hydrogen-bond donors (Lipinski definition) is 4. The van der Waals surface area contributed by atoms with Crippen molar-refractivity contribution in [2.24, 2.45) is 5.92 Å². The monoisotopic (exact) mass is 230 g/mol. The molecule has 0 saturated carbocycles. The molecule has 0 aliphatic carbocycles. The molecule has 0 aromatic rings. The maximum Gasteiger partial charge on any atom is 0.326 e. The molecule has 1 aliphatic heterocycles. The Morgan fingerprint density at radius 1 is 1.50 bits per heavy atom. The lowest BCUT2D eigenvalue weighted by Crippen LogP contribution is -2.42. The van der Waals surface area contributed by atoms with Gasteiger partial charge < -0.3 is 20.8 Å². The summed E-state index contributed by atoms with van der Waals surface area (Å²) in [7, 11) is 0. The van der Waals surface area contributed by atoms with Crippen molar-refractivity contribution in [3.63, 3.8) is 0 Å². The zero-order valence-electron chi connectivity index (χ0n) is 9.11. The first-order chi connectivity index (χ1) is 7.63. The van der Waals surface area contributed by atoms with Gasteiger partial charge in [0, 0.05) is 19.4 Å². The Morgan fingerprint density at radius 3 is 2.75 bits per heavy atom. The number of hydrogen-bond acceptors (Lipinski definition) is 4. The predicted octanol–water partition coefficient (Wildman–Crippen LogP) is -1.06. The van der Waals surface area contributed by atoms with E-state index in [2.05, 4.69) is 10.6 Å². The van der Waals surface area contributed by atoms with Gasteiger partial charge in [-0.2, -0.15) is 0 Å². The van der Waals surface area contributed by atoms with E-state index in [0.717, 1.165) is 19.5 Å². The van der Waals surface area contributed by atoms with E-state index in [-0.39, 0.29) is 18.9 Å². The van der Waals surface area contributed by atoms with Crippen LogP contribution in [0.4, 0.5) is 0 Å². The number of carbonyl (C=O) groups excluding carboxylic acids is 1. The molecule has 4 N–H and O–H groups in total.